The quantitative estimate of drug-likeness (QED) is 0.148. The van der Waals surface area contributed by atoms with Gasteiger partial charge in [0.15, 0.2) is 0 Å². The number of ether oxygens (including phenoxy) is 2. The fourth-order valence-corrected chi connectivity index (χ4v) is 2.36. The highest BCUT2D eigenvalue weighted by molar-refractivity contribution is 5.94. The maximum Gasteiger partial charge on any atom is 0.349 e. The highest BCUT2D eigenvalue weighted by Crippen LogP contribution is 2.28. The molecule has 0 rings (SSSR count). The van der Waals surface area contributed by atoms with Crippen molar-refractivity contribution in [1.82, 2.24) is 0 Å². The first-order valence-electron chi connectivity index (χ1n) is 8.33. The lowest BCUT2D eigenvalue weighted by Gasteiger charge is -2.30. The standard InChI is InChI=1S/C16H18O16/c17-7(18)1-2-11(25)31-16(14(29)30,5-10(23)24)6-12(26)32-15(13(27)28,3-8(19)20)4-9(21)22/h1-6H2,(H,17,18)(H,19,20)(H,21,22)(H,23,24)(H,27,28)(H,29,30). The van der Waals surface area contributed by atoms with E-state index in [0.717, 1.165) is 0 Å². The largest absolute Gasteiger partial charge is 0.481 e. The zero-order chi connectivity index (χ0) is 25.3. The van der Waals surface area contributed by atoms with E-state index in [1.165, 1.54) is 0 Å². The number of carbonyl (C=O) groups excluding carboxylic acids is 2. The van der Waals surface area contributed by atoms with Gasteiger partial charge >= 0.3 is 47.8 Å². The van der Waals surface area contributed by atoms with Gasteiger partial charge < -0.3 is 40.1 Å². The van der Waals surface area contributed by atoms with Crippen molar-refractivity contribution in [1.29, 1.82) is 0 Å². The number of carbonyl (C=O) groups is 8. The molecule has 16 heteroatoms. The minimum absolute atomic E-state index is 0.842. The Morgan fingerprint density at radius 3 is 1.12 bits per heavy atom. The monoisotopic (exact) mass is 466 g/mol. The van der Waals surface area contributed by atoms with E-state index >= 15 is 0 Å². The molecule has 0 radical (unpaired) electrons. The molecule has 0 aliphatic heterocycles. The fourth-order valence-electron chi connectivity index (χ4n) is 2.36. The smallest absolute Gasteiger partial charge is 0.349 e. The van der Waals surface area contributed by atoms with Gasteiger partial charge in [-0.05, 0) is 0 Å². The van der Waals surface area contributed by atoms with Gasteiger partial charge in [-0.15, -0.1) is 0 Å². The normalized spacial score (nSPS) is 12.6. The molecule has 0 fully saturated rings. The van der Waals surface area contributed by atoms with Crippen LogP contribution in [0.1, 0.15) is 38.5 Å². The van der Waals surface area contributed by atoms with Gasteiger partial charge in [0.25, 0.3) is 0 Å². The summed E-state index contributed by atoms with van der Waals surface area (Å²) in [5.41, 5.74) is -6.40. The summed E-state index contributed by atoms with van der Waals surface area (Å²) in [5, 5.41) is 53.8. The Balaban J connectivity index is 6.03. The van der Waals surface area contributed by atoms with E-state index in [0.29, 0.717) is 0 Å². The first-order chi connectivity index (χ1) is 14.5. The third kappa shape index (κ3) is 8.64. The van der Waals surface area contributed by atoms with Crippen LogP contribution < -0.4 is 0 Å². The summed E-state index contributed by atoms with van der Waals surface area (Å²) in [4.78, 5) is 90.7. The molecule has 0 amide bonds. The van der Waals surface area contributed by atoms with E-state index in [2.05, 4.69) is 9.47 Å². The summed E-state index contributed by atoms with van der Waals surface area (Å²) in [6.45, 7) is 0. The molecular weight excluding hydrogens is 448 g/mol. The maximum absolute atomic E-state index is 12.3. The Morgan fingerprint density at radius 2 is 0.812 bits per heavy atom. The van der Waals surface area contributed by atoms with Gasteiger partial charge in [-0.25, -0.2) is 9.59 Å². The topological polar surface area (TPSA) is 276 Å². The summed E-state index contributed by atoms with van der Waals surface area (Å²) in [5.74, 6) is -15.1. The predicted octanol–water partition coefficient (Wildman–Crippen LogP) is -1.60. The molecule has 6 N–H and O–H groups in total. The Bertz CT molecular complexity index is 810. The van der Waals surface area contributed by atoms with Crippen molar-refractivity contribution >= 4 is 47.8 Å². The van der Waals surface area contributed by atoms with Crippen molar-refractivity contribution in [2.24, 2.45) is 0 Å². The van der Waals surface area contributed by atoms with E-state index < -0.39 is 97.5 Å². The third-order valence-electron chi connectivity index (χ3n) is 3.68. The minimum atomic E-state index is -3.20. The van der Waals surface area contributed by atoms with Gasteiger partial charge in [0.2, 0.25) is 11.2 Å². The molecule has 0 aromatic carbocycles. The van der Waals surface area contributed by atoms with Crippen LogP contribution in [0.2, 0.25) is 0 Å². The van der Waals surface area contributed by atoms with Crippen LogP contribution in [0.4, 0.5) is 0 Å². The van der Waals surface area contributed by atoms with Crippen LogP contribution in [0.25, 0.3) is 0 Å². The SMILES string of the molecule is O=C(O)CCC(=O)OC(CC(=O)O)(CC(=O)OC(CC(=O)O)(CC(=O)O)C(=O)O)C(=O)O. The van der Waals surface area contributed by atoms with E-state index in [-0.39, 0.29) is 0 Å². The molecule has 0 saturated heterocycles. The van der Waals surface area contributed by atoms with Crippen molar-refractivity contribution in [2.45, 2.75) is 49.7 Å². The predicted molar refractivity (Wildman–Crippen MR) is 91.2 cm³/mol. The third-order valence-corrected chi connectivity index (χ3v) is 3.68. The van der Waals surface area contributed by atoms with Gasteiger partial charge in [-0.2, -0.15) is 0 Å². The fraction of sp³-hybridized carbons (Fsp3) is 0.500. The number of carboxylic acids is 6. The molecule has 0 aliphatic rings. The number of hydrogen-bond acceptors (Lipinski definition) is 10. The van der Waals surface area contributed by atoms with Crippen LogP contribution in [0.15, 0.2) is 0 Å². The van der Waals surface area contributed by atoms with Crippen molar-refractivity contribution < 1.29 is 78.5 Å². The summed E-state index contributed by atoms with van der Waals surface area (Å²) in [6.07, 6.45) is -8.10. The average molecular weight is 466 g/mol. The molecule has 32 heavy (non-hydrogen) atoms. The first-order valence-corrected chi connectivity index (χ1v) is 8.33. The van der Waals surface area contributed by atoms with E-state index in [4.69, 9.17) is 20.4 Å². The summed E-state index contributed by atoms with van der Waals surface area (Å²) >= 11 is 0. The highest BCUT2D eigenvalue weighted by Gasteiger charge is 2.51. The summed E-state index contributed by atoms with van der Waals surface area (Å²) < 4.78 is 8.95. The van der Waals surface area contributed by atoms with Crippen LogP contribution in [0.3, 0.4) is 0 Å². The van der Waals surface area contributed by atoms with Crippen LogP contribution in [0.5, 0.6) is 0 Å². The molecule has 0 saturated carbocycles. The van der Waals surface area contributed by atoms with Crippen LogP contribution in [0, 0.1) is 0 Å². The number of hydrogen-bond donors (Lipinski definition) is 6. The molecule has 1 atom stereocenters. The lowest BCUT2D eigenvalue weighted by Crippen LogP contribution is -2.51. The Morgan fingerprint density at radius 1 is 0.469 bits per heavy atom. The average Bonchev–Trinajstić information content (AvgIpc) is 2.57. The molecule has 16 nitrogen and oxygen atoms in total. The number of carboxylic acid groups (broad SMARTS) is 6. The Labute approximate surface area is 176 Å². The van der Waals surface area contributed by atoms with Crippen molar-refractivity contribution in [2.75, 3.05) is 0 Å². The molecule has 1 unspecified atom stereocenters. The van der Waals surface area contributed by atoms with Crippen LogP contribution >= 0.6 is 0 Å². The highest BCUT2D eigenvalue weighted by atomic mass is 16.6. The summed E-state index contributed by atoms with van der Waals surface area (Å²) in [7, 11) is 0. The van der Waals surface area contributed by atoms with E-state index in [1.807, 2.05) is 0 Å². The van der Waals surface area contributed by atoms with E-state index in [9.17, 15) is 48.6 Å². The van der Waals surface area contributed by atoms with Gasteiger partial charge in [0.05, 0.1) is 38.5 Å². The van der Waals surface area contributed by atoms with Gasteiger partial charge in [0.1, 0.15) is 0 Å². The molecule has 0 aromatic rings. The molecule has 0 bridgehead atoms. The lowest BCUT2D eigenvalue weighted by atomic mass is 9.93. The van der Waals surface area contributed by atoms with Crippen molar-refractivity contribution in [3.63, 3.8) is 0 Å². The molecule has 0 heterocycles. The van der Waals surface area contributed by atoms with Crippen molar-refractivity contribution in [3.05, 3.63) is 0 Å². The molecule has 0 aromatic heterocycles. The number of esters is 2. The zero-order valence-corrected chi connectivity index (χ0v) is 16.0. The number of rotatable bonds is 15. The first kappa shape index (κ1) is 27.8. The molecular formula is C16H18O16. The van der Waals surface area contributed by atoms with Crippen molar-refractivity contribution in [3.8, 4) is 0 Å². The Kier molecular flexibility index (Phi) is 9.74. The molecule has 0 spiro atoms. The van der Waals surface area contributed by atoms with Crippen LogP contribution in [-0.4, -0.2) is 89.6 Å². The van der Waals surface area contributed by atoms with E-state index in [1.54, 1.807) is 0 Å². The van der Waals surface area contributed by atoms with Crippen LogP contribution in [-0.2, 0) is 47.8 Å². The second kappa shape index (κ2) is 11.2. The number of aliphatic carboxylic acids is 6. The molecule has 178 valence electrons. The van der Waals surface area contributed by atoms with Gasteiger partial charge in [0, 0.05) is 0 Å². The summed E-state index contributed by atoms with van der Waals surface area (Å²) in [6, 6.07) is 0. The lowest BCUT2D eigenvalue weighted by molar-refractivity contribution is -0.196. The maximum atomic E-state index is 12.3. The minimum Gasteiger partial charge on any atom is -0.481 e. The second-order valence-corrected chi connectivity index (χ2v) is 6.33. The van der Waals surface area contributed by atoms with Gasteiger partial charge in [-0.3, -0.25) is 28.8 Å². The second-order valence-electron chi connectivity index (χ2n) is 6.33. The molecule has 0 aliphatic carbocycles. The zero-order valence-electron chi connectivity index (χ0n) is 16.0. The Hall–Kier alpha value is -4.24. The van der Waals surface area contributed by atoms with Gasteiger partial charge in [-0.1, -0.05) is 0 Å².